The fourth-order valence-electron chi connectivity index (χ4n) is 3.52. The van der Waals surface area contributed by atoms with Crippen LogP contribution in [0.3, 0.4) is 0 Å². The first-order valence-corrected chi connectivity index (χ1v) is 10.4. The van der Waals surface area contributed by atoms with Gasteiger partial charge in [-0.05, 0) is 49.7 Å². The first-order valence-electron chi connectivity index (χ1n) is 9.32. The number of ether oxygens (including phenoxy) is 1. The lowest BCUT2D eigenvalue weighted by molar-refractivity contribution is -0.137. The molecule has 3 nitrogen and oxygen atoms in total. The molecule has 0 amide bonds. The molecule has 4 heteroatoms. The van der Waals surface area contributed by atoms with E-state index in [0.717, 1.165) is 37.7 Å². The van der Waals surface area contributed by atoms with E-state index in [2.05, 4.69) is 23.9 Å². The maximum Gasteiger partial charge on any atom is 0.303 e. The summed E-state index contributed by atoms with van der Waals surface area (Å²) >= 11 is 2.19. The molecular formula is C19H32O3S. The Morgan fingerprint density at radius 2 is 1.83 bits per heavy atom. The summed E-state index contributed by atoms with van der Waals surface area (Å²) in [5, 5.41) is 9.50. The summed E-state index contributed by atoms with van der Waals surface area (Å²) in [7, 11) is 0. The second kappa shape index (κ2) is 11.1. The van der Waals surface area contributed by atoms with E-state index in [4.69, 9.17) is 9.84 Å². The molecule has 2 atom stereocenters. The number of carboxylic acid groups (broad SMARTS) is 1. The number of hydrogen-bond donors (Lipinski definition) is 1. The summed E-state index contributed by atoms with van der Waals surface area (Å²) in [6.07, 6.45) is 15.9. The summed E-state index contributed by atoms with van der Waals surface area (Å²) in [5.74, 6) is 1.91. The number of thioether (sulfide) groups is 1. The average Bonchev–Trinajstić information content (AvgIpc) is 2.81. The fraction of sp³-hybridized carbons (Fsp3) is 0.842. The Hall–Kier alpha value is -0.480. The van der Waals surface area contributed by atoms with Crippen molar-refractivity contribution in [3.63, 3.8) is 0 Å². The monoisotopic (exact) mass is 340 g/mol. The minimum Gasteiger partial charge on any atom is -0.481 e. The zero-order valence-corrected chi connectivity index (χ0v) is 15.1. The third kappa shape index (κ3) is 7.75. The molecule has 0 aromatic rings. The van der Waals surface area contributed by atoms with Gasteiger partial charge in [-0.2, -0.15) is 11.8 Å². The quantitative estimate of drug-likeness (QED) is 0.368. The number of allylic oxidation sites excluding steroid dienone is 2. The van der Waals surface area contributed by atoms with Crippen LogP contribution < -0.4 is 0 Å². The predicted molar refractivity (Wildman–Crippen MR) is 97.0 cm³/mol. The molecule has 0 unspecified atom stereocenters. The molecule has 132 valence electrons. The van der Waals surface area contributed by atoms with Crippen LogP contribution in [-0.4, -0.2) is 35.3 Å². The van der Waals surface area contributed by atoms with Crippen molar-refractivity contribution in [2.75, 3.05) is 19.0 Å². The molecule has 2 aliphatic rings. The molecule has 23 heavy (non-hydrogen) atoms. The molecule has 0 bridgehead atoms. The summed E-state index contributed by atoms with van der Waals surface area (Å²) in [6, 6.07) is 0. The van der Waals surface area contributed by atoms with Gasteiger partial charge in [0.1, 0.15) is 0 Å². The smallest absolute Gasteiger partial charge is 0.303 e. The van der Waals surface area contributed by atoms with Gasteiger partial charge in [0.25, 0.3) is 0 Å². The lowest BCUT2D eigenvalue weighted by Crippen LogP contribution is -2.16. The van der Waals surface area contributed by atoms with Gasteiger partial charge >= 0.3 is 5.97 Å². The van der Waals surface area contributed by atoms with Crippen LogP contribution in [0.4, 0.5) is 0 Å². The Kier molecular flexibility index (Phi) is 9.13. The molecule has 1 aliphatic carbocycles. The van der Waals surface area contributed by atoms with Crippen LogP contribution in [0.5, 0.6) is 0 Å². The number of hydrogen-bond acceptors (Lipinski definition) is 3. The van der Waals surface area contributed by atoms with Crippen molar-refractivity contribution in [3.8, 4) is 0 Å². The normalized spacial score (nSPS) is 26.6. The minimum atomic E-state index is -0.696. The summed E-state index contributed by atoms with van der Waals surface area (Å²) in [5.41, 5.74) is 0. The highest BCUT2D eigenvalue weighted by Gasteiger charge is 2.28. The zero-order valence-electron chi connectivity index (χ0n) is 14.3. The van der Waals surface area contributed by atoms with Crippen LogP contribution >= 0.6 is 11.8 Å². The van der Waals surface area contributed by atoms with E-state index in [1.165, 1.54) is 44.3 Å². The maximum absolute atomic E-state index is 10.5. The van der Waals surface area contributed by atoms with Crippen LogP contribution in [-0.2, 0) is 9.53 Å². The lowest BCUT2D eigenvalue weighted by Gasteiger charge is -2.19. The molecule has 1 N–H and O–H groups in total. The molecule has 1 saturated heterocycles. The Balaban J connectivity index is 1.62. The Morgan fingerprint density at radius 3 is 2.57 bits per heavy atom. The van der Waals surface area contributed by atoms with E-state index in [-0.39, 0.29) is 6.42 Å². The molecule has 0 radical (unpaired) electrons. The van der Waals surface area contributed by atoms with Crippen LogP contribution in [0.2, 0.25) is 0 Å². The maximum atomic E-state index is 10.5. The summed E-state index contributed by atoms with van der Waals surface area (Å²) in [4.78, 5) is 10.5. The van der Waals surface area contributed by atoms with Gasteiger partial charge in [0, 0.05) is 11.7 Å². The van der Waals surface area contributed by atoms with E-state index < -0.39 is 5.97 Å². The highest BCUT2D eigenvalue weighted by molar-refractivity contribution is 7.99. The molecule has 2 rings (SSSR count). The highest BCUT2D eigenvalue weighted by atomic mass is 32.2. The average molecular weight is 341 g/mol. The van der Waals surface area contributed by atoms with Crippen LogP contribution in [0.1, 0.15) is 64.2 Å². The van der Waals surface area contributed by atoms with Gasteiger partial charge in [0.05, 0.1) is 13.2 Å². The highest BCUT2D eigenvalue weighted by Crippen LogP contribution is 2.33. The van der Waals surface area contributed by atoms with Gasteiger partial charge in [0.2, 0.25) is 0 Å². The lowest BCUT2D eigenvalue weighted by atomic mass is 9.94. The molecule has 0 spiro atoms. The summed E-state index contributed by atoms with van der Waals surface area (Å²) in [6.45, 7) is 1.83. The third-order valence-corrected chi connectivity index (χ3v) is 6.61. The second-order valence-electron chi connectivity index (χ2n) is 7.00. The standard InChI is InChI=1S/C19H32O3S/c20-19(21)12-8-4-1-5-9-16-13-22-14-17(16)15-23-18-10-6-2-3-7-11-18/h1,5,16-18H,2-4,6-15H2,(H,20,21)/b5-1-/t16-,17-/m0/s1. The van der Waals surface area contributed by atoms with Gasteiger partial charge in [0.15, 0.2) is 0 Å². The van der Waals surface area contributed by atoms with Crippen molar-refractivity contribution in [1.82, 2.24) is 0 Å². The van der Waals surface area contributed by atoms with E-state index in [9.17, 15) is 4.79 Å². The zero-order chi connectivity index (χ0) is 16.3. The minimum absolute atomic E-state index is 0.275. The topological polar surface area (TPSA) is 46.5 Å². The summed E-state index contributed by atoms with van der Waals surface area (Å²) < 4.78 is 5.72. The number of carboxylic acids is 1. The van der Waals surface area contributed by atoms with Gasteiger partial charge < -0.3 is 9.84 Å². The number of carbonyl (C=O) groups is 1. The number of rotatable bonds is 9. The van der Waals surface area contributed by atoms with E-state index in [1.807, 2.05) is 0 Å². The second-order valence-corrected chi connectivity index (χ2v) is 8.33. The van der Waals surface area contributed by atoms with E-state index >= 15 is 0 Å². The molecule has 2 fully saturated rings. The van der Waals surface area contributed by atoms with Crippen LogP contribution in [0.15, 0.2) is 12.2 Å². The van der Waals surface area contributed by atoms with Gasteiger partial charge in [-0.1, -0.05) is 37.8 Å². The predicted octanol–water partition coefficient (Wildman–Crippen LogP) is 4.91. The number of unbranched alkanes of at least 4 members (excludes halogenated alkanes) is 1. The van der Waals surface area contributed by atoms with Gasteiger partial charge in [-0.15, -0.1) is 0 Å². The van der Waals surface area contributed by atoms with Crippen molar-refractivity contribution in [2.45, 2.75) is 69.5 Å². The first-order chi connectivity index (χ1) is 11.3. The molecule has 0 aromatic carbocycles. The third-order valence-electron chi connectivity index (χ3n) is 5.05. The van der Waals surface area contributed by atoms with Crippen molar-refractivity contribution < 1.29 is 14.6 Å². The van der Waals surface area contributed by atoms with Crippen molar-refractivity contribution in [2.24, 2.45) is 11.8 Å². The number of aliphatic carboxylic acids is 1. The SMILES string of the molecule is O=C(O)CCC/C=C\C[C@H]1COC[C@H]1CSC1CCCCCC1. The van der Waals surface area contributed by atoms with Crippen LogP contribution in [0, 0.1) is 11.8 Å². The first kappa shape index (κ1) is 18.9. The Morgan fingerprint density at radius 1 is 1.09 bits per heavy atom. The van der Waals surface area contributed by atoms with Gasteiger partial charge in [-0.3, -0.25) is 4.79 Å². The molecule has 1 saturated carbocycles. The Labute approximate surface area is 145 Å². The Bertz CT molecular complexity index is 362. The van der Waals surface area contributed by atoms with Crippen molar-refractivity contribution >= 4 is 17.7 Å². The molecular weight excluding hydrogens is 308 g/mol. The fourth-order valence-corrected chi connectivity index (χ4v) is 5.07. The van der Waals surface area contributed by atoms with Gasteiger partial charge in [-0.25, -0.2) is 0 Å². The van der Waals surface area contributed by atoms with E-state index in [0.29, 0.717) is 11.8 Å². The van der Waals surface area contributed by atoms with E-state index in [1.54, 1.807) is 0 Å². The molecule has 0 aromatic heterocycles. The van der Waals surface area contributed by atoms with Crippen molar-refractivity contribution in [1.29, 1.82) is 0 Å². The molecule has 1 heterocycles. The van der Waals surface area contributed by atoms with Crippen LogP contribution in [0.25, 0.3) is 0 Å². The largest absolute Gasteiger partial charge is 0.481 e. The molecule has 1 aliphatic heterocycles. The van der Waals surface area contributed by atoms with Crippen molar-refractivity contribution in [3.05, 3.63) is 12.2 Å².